The zero-order chi connectivity index (χ0) is 22.6. The summed E-state index contributed by atoms with van der Waals surface area (Å²) >= 11 is 6.97. The van der Waals surface area contributed by atoms with Crippen molar-refractivity contribution >= 4 is 50.7 Å². The highest BCUT2D eigenvalue weighted by molar-refractivity contribution is 8.01. The van der Waals surface area contributed by atoms with E-state index in [2.05, 4.69) is 16.0 Å². The summed E-state index contributed by atoms with van der Waals surface area (Å²) in [4.78, 5) is 25.1. The van der Waals surface area contributed by atoms with Crippen LogP contribution in [0.2, 0.25) is 5.02 Å². The van der Waals surface area contributed by atoms with Crippen molar-refractivity contribution < 1.29 is 22.4 Å². The molecule has 0 spiro atoms. The summed E-state index contributed by atoms with van der Waals surface area (Å²) in [7, 11) is -3.90. The van der Waals surface area contributed by atoms with Crippen molar-refractivity contribution in [2.24, 2.45) is 0 Å². The summed E-state index contributed by atoms with van der Waals surface area (Å²) in [5, 5.41) is 6.88. The highest BCUT2D eigenvalue weighted by Gasteiger charge is 2.39. The quantitative estimate of drug-likeness (QED) is 0.557. The highest BCUT2D eigenvalue weighted by Crippen LogP contribution is 2.25. The molecule has 3 unspecified atom stereocenters. The van der Waals surface area contributed by atoms with E-state index in [-0.39, 0.29) is 17.3 Å². The van der Waals surface area contributed by atoms with E-state index in [4.69, 9.17) is 11.6 Å². The second-order valence-corrected chi connectivity index (χ2v) is 10.7. The van der Waals surface area contributed by atoms with Crippen LogP contribution in [0.15, 0.2) is 53.4 Å². The molecule has 0 aromatic heterocycles. The number of sulfone groups is 1. The van der Waals surface area contributed by atoms with E-state index >= 15 is 0 Å². The third-order valence-corrected chi connectivity index (χ3v) is 8.39. The maximum absolute atomic E-state index is 13.0. The Labute approximate surface area is 189 Å². The molecule has 1 heterocycles. The molecule has 3 N–H and O–H groups in total. The van der Waals surface area contributed by atoms with Crippen molar-refractivity contribution in [3.05, 3.63) is 59.4 Å². The van der Waals surface area contributed by atoms with Gasteiger partial charge in [-0.1, -0.05) is 18.5 Å². The minimum atomic E-state index is -3.90. The van der Waals surface area contributed by atoms with E-state index in [0.29, 0.717) is 17.1 Å². The lowest BCUT2D eigenvalue weighted by atomic mass is 10.2. The monoisotopic (exact) mass is 485 g/mol. The number of thioether (sulfide) groups is 1. The van der Waals surface area contributed by atoms with Gasteiger partial charge >= 0.3 is 0 Å². The molecule has 0 saturated carbocycles. The van der Waals surface area contributed by atoms with Crippen molar-refractivity contribution in [3.8, 4) is 0 Å². The largest absolute Gasteiger partial charge is 0.331 e. The number of hydrogen-bond acceptors (Lipinski definition) is 6. The average Bonchev–Trinajstić information content (AvgIpc) is 2.73. The molecule has 2 amide bonds. The predicted octanol–water partition coefficient (Wildman–Crippen LogP) is 2.77. The zero-order valence-corrected chi connectivity index (χ0v) is 18.9. The molecule has 3 rings (SSSR count). The van der Waals surface area contributed by atoms with Gasteiger partial charge in [-0.2, -0.15) is 0 Å². The summed E-state index contributed by atoms with van der Waals surface area (Å²) in [5.74, 6) is -1.34. The van der Waals surface area contributed by atoms with Gasteiger partial charge in [0.2, 0.25) is 11.8 Å². The fraction of sp³-hybridized carbons (Fsp3) is 0.300. The summed E-state index contributed by atoms with van der Waals surface area (Å²) < 4.78 is 38.6. The first-order chi connectivity index (χ1) is 14.7. The van der Waals surface area contributed by atoms with Crippen LogP contribution >= 0.6 is 23.4 Å². The van der Waals surface area contributed by atoms with E-state index < -0.39 is 37.6 Å². The minimum absolute atomic E-state index is 0.00932. The Hall–Kier alpha value is -2.14. The summed E-state index contributed by atoms with van der Waals surface area (Å²) in [6, 6.07) is 11.0. The predicted molar refractivity (Wildman–Crippen MR) is 119 cm³/mol. The minimum Gasteiger partial charge on any atom is -0.331 e. The second-order valence-electron chi connectivity index (χ2n) is 6.81. The first kappa shape index (κ1) is 23.5. The van der Waals surface area contributed by atoms with Crippen LogP contribution < -0.4 is 16.0 Å². The van der Waals surface area contributed by atoms with E-state index in [1.54, 1.807) is 0 Å². The Bertz CT molecular complexity index is 1050. The lowest BCUT2D eigenvalue weighted by molar-refractivity contribution is -0.122. The Balaban J connectivity index is 1.61. The number of rotatable bonds is 7. The van der Waals surface area contributed by atoms with Crippen LogP contribution in [-0.4, -0.2) is 42.8 Å². The summed E-state index contributed by atoms with van der Waals surface area (Å²) in [6.45, 7) is 1.73. The van der Waals surface area contributed by atoms with Crippen molar-refractivity contribution in [2.75, 3.05) is 11.9 Å². The van der Waals surface area contributed by atoms with Gasteiger partial charge in [-0.15, -0.1) is 11.8 Å². The summed E-state index contributed by atoms with van der Waals surface area (Å²) in [6.07, 6.45) is 0.470. The summed E-state index contributed by atoms with van der Waals surface area (Å²) in [5.41, 5.74) is -0.173. The maximum Gasteiger partial charge on any atom is 0.241 e. The molecule has 1 aliphatic rings. The lowest BCUT2D eigenvalue weighted by Gasteiger charge is -2.31. The van der Waals surface area contributed by atoms with Crippen LogP contribution in [0, 0.1) is 5.82 Å². The van der Waals surface area contributed by atoms with Crippen molar-refractivity contribution in [3.63, 3.8) is 0 Å². The third kappa shape index (κ3) is 5.76. The number of carbonyl (C=O) groups is 2. The van der Waals surface area contributed by atoms with E-state index in [9.17, 15) is 22.4 Å². The average molecular weight is 486 g/mol. The number of nitrogens with one attached hydrogen (secondary N) is 3. The molecule has 1 saturated heterocycles. The zero-order valence-electron chi connectivity index (χ0n) is 16.5. The van der Waals surface area contributed by atoms with Gasteiger partial charge in [0.25, 0.3) is 0 Å². The van der Waals surface area contributed by atoms with Gasteiger partial charge in [-0.25, -0.2) is 12.8 Å². The van der Waals surface area contributed by atoms with E-state index in [1.807, 2.05) is 6.92 Å². The molecule has 31 heavy (non-hydrogen) atoms. The Morgan fingerprint density at radius 1 is 1.23 bits per heavy atom. The molecule has 0 bridgehead atoms. The SMILES string of the molecule is CCC(SC1NCC(S(=O)(=O)c2ccc(Cl)cc2)C(=O)N1)C(=O)Nc1ccc(F)cc1. The van der Waals surface area contributed by atoms with Gasteiger partial charge in [-0.05, 0) is 55.0 Å². The van der Waals surface area contributed by atoms with Gasteiger partial charge in [-0.3, -0.25) is 14.9 Å². The Morgan fingerprint density at radius 3 is 2.45 bits per heavy atom. The number of hydrogen-bond donors (Lipinski definition) is 3. The number of halogens is 2. The molecule has 0 radical (unpaired) electrons. The van der Waals surface area contributed by atoms with Gasteiger partial charge in [0, 0.05) is 17.3 Å². The smallest absolute Gasteiger partial charge is 0.241 e. The molecule has 2 aromatic rings. The van der Waals surface area contributed by atoms with E-state index in [0.717, 1.165) is 0 Å². The Kier molecular flexibility index (Phi) is 7.58. The number of benzene rings is 2. The molecule has 1 aliphatic heterocycles. The standard InChI is InChI=1S/C20H21ClFN3O4S2/c1-2-16(18(26)24-14-7-5-13(22)6-8-14)30-20-23-11-17(19(27)25-20)31(28,29)15-9-3-12(21)4-10-15/h3-10,16-17,20,23H,2,11H2,1H3,(H,24,26)(H,25,27). The normalized spacial score (nSPS) is 20.0. The van der Waals surface area contributed by atoms with Crippen LogP contribution in [0.1, 0.15) is 13.3 Å². The first-order valence-corrected chi connectivity index (χ1v) is 12.3. The van der Waals surface area contributed by atoms with Crippen molar-refractivity contribution in [1.29, 1.82) is 0 Å². The molecule has 166 valence electrons. The molecule has 1 fully saturated rings. The Morgan fingerprint density at radius 2 is 1.87 bits per heavy atom. The van der Waals surface area contributed by atoms with Crippen LogP contribution in [0.3, 0.4) is 0 Å². The fourth-order valence-corrected chi connectivity index (χ4v) is 5.68. The van der Waals surface area contributed by atoms with Crippen LogP contribution in [0.4, 0.5) is 10.1 Å². The number of amides is 2. The van der Waals surface area contributed by atoms with Crippen LogP contribution in [-0.2, 0) is 19.4 Å². The number of carbonyl (C=O) groups excluding carboxylic acids is 2. The van der Waals surface area contributed by atoms with Crippen LogP contribution in [0.25, 0.3) is 0 Å². The van der Waals surface area contributed by atoms with Gasteiger partial charge in [0.15, 0.2) is 15.1 Å². The highest BCUT2D eigenvalue weighted by atomic mass is 35.5. The van der Waals surface area contributed by atoms with Gasteiger partial charge in [0.1, 0.15) is 11.3 Å². The first-order valence-electron chi connectivity index (χ1n) is 9.46. The van der Waals surface area contributed by atoms with Gasteiger partial charge in [0.05, 0.1) is 10.1 Å². The maximum atomic E-state index is 13.0. The molecule has 2 aromatic carbocycles. The van der Waals surface area contributed by atoms with Crippen molar-refractivity contribution in [2.45, 2.75) is 34.2 Å². The molecule has 0 aliphatic carbocycles. The third-order valence-electron chi connectivity index (χ3n) is 4.65. The topological polar surface area (TPSA) is 104 Å². The number of anilines is 1. The van der Waals surface area contributed by atoms with Crippen molar-refractivity contribution in [1.82, 2.24) is 10.6 Å². The molecule has 11 heteroatoms. The molecule has 7 nitrogen and oxygen atoms in total. The van der Waals surface area contributed by atoms with Gasteiger partial charge < -0.3 is 10.6 Å². The second kappa shape index (κ2) is 9.99. The lowest BCUT2D eigenvalue weighted by Crippen LogP contribution is -2.60. The van der Waals surface area contributed by atoms with E-state index in [1.165, 1.54) is 60.3 Å². The molecular weight excluding hydrogens is 465 g/mol. The fourth-order valence-electron chi connectivity index (χ4n) is 2.96. The molecule has 3 atom stereocenters. The van der Waals surface area contributed by atoms with Crippen LogP contribution in [0.5, 0.6) is 0 Å². The molecular formula is C20H21ClFN3O4S2.